The number of likely N-dealkylation sites (tertiary alicyclic amines) is 1. The first kappa shape index (κ1) is 17.7. The molecule has 4 rings (SSSR count). The van der Waals surface area contributed by atoms with Crippen LogP contribution in [0.15, 0.2) is 34.9 Å². The van der Waals surface area contributed by atoms with Gasteiger partial charge in [0, 0.05) is 31.0 Å². The summed E-state index contributed by atoms with van der Waals surface area (Å²) in [7, 11) is 0. The molecule has 2 aliphatic rings. The topological polar surface area (TPSA) is 88.3 Å². The van der Waals surface area contributed by atoms with E-state index in [0.717, 1.165) is 31.0 Å². The number of nitrogens with one attached hydrogen (secondary N) is 1. The highest BCUT2D eigenvalue weighted by molar-refractivity contribution is 5.96. The summed E-state index contributed by atoms with van der Waals surface area (Å²) in [6.45, 7) is 1.44. The SMILES string of the molecule is O=C(NCC(=O)N1CCC(Cc2nc(C3CC3)no2)CC1)c1ccccc1. The normalized spacial score (nSPS) is 17.7. The molecule has 7 heteroatoms. The van der Waals surface area contributed by atoms with Crippen molar-refractivity contribution in [1.29, 1.82) is 0 Å². The van der Waals surface area contributed by atoms with Gasteiger partial charge >= 0.3 is 0 Å². The predicted octanol–water partition coefficient (Wildman–Crippen LogP) is 2.16. The number of aromatic nitrogens is 2. The lowest BCUT2D eigenvalue weighted by Crippen LogP contribution is -2.44. The van der Waals surface area contributed by atoms with Gasteiger partial charge in [-0.1, -0.05) is 23.4 Å². The largest absolute Gasteiger partial charge is 0.343 e. The molecule has 1 aromatic carbocycles. The highest BCUT2D eigenvalue weighted by Gasteiger charge is 2.30. The van der Waals surface area contributed by atoms with Crippen molar-refractivity contribution in [1.82, 2.24) is 20.4 Å². The molecule has 0 radical (unpaired) electrons. The molecular weight excluding hydrogens is 344 g/mol. The first-order chi connectivity index (χ1) is 13.2. The molecule has 2 heterocycles. The van der Waals surface area contributed by atoms with E-state index in [1.54, 1.807) is 24.3 Å². The summed E-state index contributed by atoms with van der Waals surface area (Å²) in [5.41, 5.74) is 0.564. The van der Waals surface area contributed by atoms with Gasteiger partial charge in [0.15, 0.2) is 5.82 Å². The molecule has 2 aromatic rings. The van der Waals surface area contributed by atoms with Crippen molar-refractivity contribution in [3.05, 3.63) is 47.6 Å². The fourth-order valence-electron chi connectivity index (χ4n) is 3.45. The molecule has 142 valence electrons. The quantitative estimate of drug-likeness (QED) is 0.844. The van der Waals surface area contributed by atoms with E-state index in [0.29, 0.717) is 30.5 Å². The van der Waals surface area contributed by atoms with Crippen molar-refractivity contribution in [2.45, 2.75) is 38.0 Å². The summed E-state index contributed by atoms with van der Waals surface area (Å²) in [4.78, 5) is 30.7. The smallest absolute Gasteiger partial charge is 0.251 e. The van der Waals surface area contributed by atoms with E-state index in [1.165, 1.54) is 12.8 Å². The summed E-state index contributed by atoms with van der Waals surface area (Å²) in [6.07, 6.45) is 4.95. The summed E-state index contributed by atoms with van der Waals surface area (Å²) >= 11 is 0. The zero-order chi connectivity index (χ0) is 18.6. The van der Waals surface area contributed by atoms with E-state index in [9.17, 15) is 9.59 Å². The summed E-state index contributed by atoms with van der Waals surface area (Å²) in [6, 6.07) is 8.93. The molecule has 2 fully saturated rings. The van der Waals surface area contributed by atoms with Crippen molar-refractivity contribution in [2.24, 2.45) is 5.92 Å². The third kappa shape index (κ3) is 4.53. The fourth-order valence-corrected chi connectivity index (χ4v) is 3.45. The summed E-state index contributed by atoms with van der Waals surface area (Å²) in [5, 5.41) is 6.76. The maximum atomic E-state index is 12.4. The minimum Gasteiger partial charge on any atom is -0.343 e. The summed E-state index contributed by atoms with van der Waals surface area (Å²) < 4.78 is 5.36. The molecule has 1 saturated heterocycles. The third-order valence-corrected chi connectivity index (χ3v) is 5.29. The first-order valence-corrected chi connectivity index (χ1v) is 9.62. The van der Waals surface area contributed by atoms with Crippen LogP contribution in [0, 0.1) is 5.92 Å². The van der Waals surface area contributed by atoms with Crippen LogP contribution in [0.5, 0.6) is 0 Å². The molecule has 2 amide bonds. The Bertz CT molecular complexity index is 793. The van der Waals surface area contributed by atoms with Crippen molar-refractivity contribution in [2.75, 3.05) is 19.6 Å². The van der Waals surface area contributed by atoms with E-state index >= 15 is 0 Å². The Morgan fingerprint density at radius 1 is 1.11 bits per heavy atom. The second-order valence-corrected chi connectivity index (χ2v) is 7.40. The second-order valence-electron chi connectivity index (χ2n) is 7.40. The molecule has 27 heavy (non-hydrogen) atoms. The number of carbonyl (C=O) groups is 2. The van der Waals surface area contributed by atoms with Crippen LogP contribution in [0.1, 0.15) is 53.7 Å². The molecule has 1 aliphatic carbocycles. The third-order valence-electron chi connectivity index (χ3n) is 5.29. The van der Waals surface area contributed by atoms with E-state index in [2.05, 4.69) is 15.5 Å². The Hall–Kier alpha value is -2.70. The fraction of sp³-hybridized carbons (Fsp3) is 0.500. The zero-order valence-corrected chi connectivity index (χ0v) is 15.3. The second kappa shape index (κ2) is 7.90. The number of hydrogen-bond donors (Lipinski definition) is 1. The molecule has 0 atom stereocenters. The number of piperidine rings is 1. The van der Waals surface area contributed by atoms with Crippen LogP contribution < -0.4 is 5.32 Å². The molecule has 0 spiro atoms. The van der Waals surface area contributed by atoms with E-state index < -0.39 is 0 Å². The van der Waals surface area contributed by atoms with Crippen LogP contribution in [-0.4, -0.2) is 46.5 Å². The zero-order valence-electron chi connectivity index (χ0n) is 15.3. The van der Waals surface area contributed by atoms with Gasteiger partial charge in [-0.05, 0) is 43.7 Å². The molecular formula is C20H24N4O3. The van der Waals surface area contributed by atoms with Gasteiger partial charge < -0.3 is 14.7 Å². The number of benzene rings is 1. The van der Waals surface area contributed by atoms with Crippen LogP contribution in [0.25, 0.3) is 0 Å². The van der Waals surface area contributed by atoms with Crippen molar-refractivity contribution >= 4 is 11.8 Å². The Labute approximate surface area is 158 Å². The Morgan fingerprint density at radius 2 is 1.85 bits per heavy atom. The molecule has 7 nitrogen and oxygen atoms in total. The van der Waals surface area contributed by atoms with Crippen molar-refractivity contribution in [3.63, 3.8) is 0 Å². The maximum absolute atomic E-state index is 12.4. The number of hydrogen-bond acceptors (Lipinski definition) is 5. The average Bonchev–Trinajstić information content (AvgIpc) is 3.46. The Balaban J connectivity index is 1.20. The van der Waals surface area contributed by atoms with Gasteiger partial charge in [-0.25, -0.2) is 0 Å². The minimum atomic E-state index is -0.221. The van der Waals surface area contributed by atoms with Crippen LogP contribution in [0.4, 0.5) is 0 Å². The van der Waals surface area contributed by atoms with Crippen LogP contribution >= 0.6 is 0 Å². The van der Waals surface area contributed by atoms with Gasteiger partial charge in [0.25, 0.3) is 5.91 Å². The summed E-state index contributed by atoms with van der Waals surface area (Å²) in [5.74, 6) is 2.28. The van der Waals surface area contributed by atoms with Gasteiger partial charge in [-0.15, -0.1) is 0 Å². The van der Waals surface area contributed by atoms with Gasteiger partial charge in [-0.3, -0.25) is 9.59 Å². The minimum absolute atomic E-state index is 0.0345. The van der Waals surface area contributed by atoms with E-state index in [1.807, 2.05) is 11.0 Å². The first-order valence-electron chi connectivity index (χ1n) is 9.62. The highest BCUT2D eigenvalue weighted by atomic mass is 16.5. The van der Waals surface area contributed by atoms with Crippen LogP contribution in [-0.2, 0) is 11.2 Å². The molecule has 1 aromatic heterocycles. The lowest BCUT2D eigenvalue weighted by molar-refractivity contribution is -0.131. The van der Waals surface area contributed by atoms with Gasteiger partial charge in [0.1, 0.15) is 0 Å². The molecule has 1 aliphatic heterocycles. The average molecular weight is 368 g/mol. The molecule has 1 N–H and O–H groups in total. The van der Waals surface area contributed by atoms with Crippen molar-refractivity contribution < 1.29 is 14.1 Å². The number of amides is 2. The lowest BCUT2D eigenvalue weighted by atomic mass is 9.93. The van der Waals surface area contributed by atoms with Crippen LogP contribution in [0.2, 0.25) is 0 Å². The van der Waals surface area contributed by atoms with Crippen LogP contribution in [0.3, 0.4) is 0 Å². The number of carbonyl (C=O) groups excluding carboxylic acids is 2. The molecule has 0 bridgehead atoms. The molecule has 1 saturated carbocycles. The predicted molar refractivity (Wildman–Crippen MR) is 98.1 cm³/mol. The number of nitrogens with zero attached hydrogens (tertiary/aromatic N) is 3. The van der Waals surface area contributed by atoms with Gasteiger partial charge in [0.05, 0.1) is 6.54 Å². The standard InChI is InChI=1S/C20H24N4O3/c25-18(13-21-20(26)16-4-2-1-3-5-16)24-10-8-14(9-11-24)12-17-22-19(23-27-17)15-6-7-15/h1-5,14-15H,6-13H2,(H,21,26). The monoisotopic (exact) mass is 368 g/mol. The molecule has 0 unspecified atom stereocenters. The van der Waals surface area contributed by atoms with E-state index in [4.69, 9.17) is 4.52 Å². The Morgan fingerprint density at radius 3 is 2.56 bits per heavy atom. The highest BCUT2D eigenvalue weighted by Crippen LogP contribution is 2.38. The van der Waals surface area contributed by atoms with Crippen molar-refractivity contribution in [3.8, 4) is 0 Å². The lowest BCUT2D eigenvalue weighted by Gasteiger charge is -2.31. The number of rotatable bonds is 6. The maximum Gasteiger partial charge on any atom is 0.251 e. The Kier molecular flexibility index (Phi) is 5.18. The van der Waals surface area contributed by atoms with E-state index in [-0.39, 0.29) is 18.4 Å². The van der Waals surface area contributed by atoms with Gasteiger partial charge in [-0.2, -0.15) is 4.98 Å². The van der Waals surface area contributed by atoms with Gasteiger partial charge in [0.2, 0.25) is 11.8 Å².